The first kappa shape index (κ1) is 20.4. The Bertz CT molecular complexity index is 728. The van der Waals surface area contributed by atoms with Gasteiger partial charge in [0.1, 0.15) is 0 Å². The van der Waals surface area contributed by atoms with Crippen LogP contribution in [0.5, 0.6) is 0 Å². The monoisotopic (exact) mass is 399 g/mol. The molecule has 2 aliphatic heterocycles. The second-order valence-corrected chi connectivity index (χ2v) is 8.49. The second-order valence-electron chi connectivity index (χ2n) is 8.49. The van der Waals surface area contributed by atoms with Crippen molar-refractivity contribution in [3.63, 3.8) is 0 Å². The number of likely N-dealkylation sites (N-methyl/N-ethyl adjacent to an activating group) is 1. The number of piperazine rings is 1. The maximum atomic E-state index is 9.38. The summed E-state index contributed by atoms with van der Waals surface area (Å²) in [5.41, 5.74) is 2.30. The molecule has 2 aromatic rings. The van der Waals surface area contributed by atoms with Gasteiger partial charge in [0.15, 0.2) is 0 Å². The van der Waals surface area contributed by atoms with Crippen LogP contribution in [0.15, 0.2) is 24.3 Å². The van der Waals surface area contributed by atoms with Crippen molar-refractivity contribution in [2.24, 2.45) is 5.92 Å². The zero-order chi connectivity index (χ0) is 20.1. The van der Waals surface area contributed by atoms with Crippen LogP contribution in [0.3, 0.4) is 0 Å². The lowest BCUT2D eigenvalue weighted by atomic mass is 9.86. The average Bonchev–Trinajstić information content (AvgIpc) is 3.29. The lowest BCUT2D eigenvalue weighted by Crippen LogP contribution is -2.56. The third-order valence-corrected chi connectivity index (χ3v) is 6.48. The van der Waals surface area contributed by atoms with Gasteiger partial charge < -0.3 is 10.0 Å². The Morgan fingerprint density at radius 2 is 1.90 bits per heavy atom. The molecule has 0 aliphatic carbocycles. The molecule has 0 spiro atoms. The molecule has 1 aromatic heterocycles. The standard InChI is InChI=1S/C21H33N7O/c1-26-10-12-28(13-11-26)20-8-9-27(16-19(20)3-2-14-29)15-17-4-6-18(7-5-17)21-22-24-25-23-21/h4-7,19-20,29H,2-3,8-16H2,1H3,(H,22,23,24,25)/t19-,20+/m0/s1. The van der Waals surface area contributed by atoms with Crippen LogP contribution in [-0.2, 0) is 6.54 Å². The molecule has 0 amide bonds. The molecule has 2 saturated heterocycles. The summed E-state index contributed by atoms with van der Waals surface area (Å²) in [4.78, 5) is 7.71. The molecule has 1 aromatic carbocycles. The summed E-state index contributed by atoms with van der Waals surface area (Å²) < 4.78 is 0. The zero-order valence-electron chi connectivity index (χ0n) is 17.4. The van der Waals surface area contributed by atoms with Crippen LogP contribution in [0.4, 0.5) is 0 Å². The highest BCUT2D eigenvalue weighted by molar-refractivity contribution is 5.54. The van der Waals surface area contributed by atoms with E-state index in [0.717, 1.165) is 38.0 Å². The number of aromatic amines is 1. The minimum atomic E-state index is 0.295. The number of nitrogens with zero attached hydrogens (tertiary/aromatic N) is 6. The fourth-order valence-corrected chi connectivity index (χ4v) is 4.81. The molecule has 0 unspecified atom stereocenters. The van der Waals surface area contributed by atoms with Crippen molar-refractivity contribution in [3.8, 4) is 11.4 Å². The molecule has 158 valence electrons. The summed E-state index contributed by atoms with van der Waals surface area (Å²) in [6, 6.07) is 9.13. The molecule has 2 N–H and O–H groups in total. The Kier molecular flexibility index (Phi) is 6.86. The minimum Gasteiger partial charge on any atom is -0.396 e. The van der Waals surface area contributed by atoms with Crippen LogP contribution < -0.4 is 0 Å². The molecular formula is C21H33N7O. The first-order valence-electron chi connectivity index (χ1n) is 10.8. The quantitative estimate of drug-likeness (QED) is 0.721. The number of hydrogen-bond acceptors (Lipinski definition) is 7. The first-order chi connectivity index (χ1) is 14.2. The number of aliphatic hydroxyl groups is 1. The summed E-state index contributed by atoms with van der Waals surface area (Å²) >= 11 is 0. The normalized spacial score (nSPS) is 24.8. The number of likely N-dealkylation sites (tertiary alicyclic amines) is 1. The lowest BCUT2D eigenvalue weighted by Gasteiger charge is -2.46. The maximum absolute atomic E-state index is 9.38. The van der Waals surface area contributed by atoms with Crippen molar-refractivity contribution >= 4 is 0 Å². The zero-order valence-corrected chi connectivity index (χ0v) is 17.4. The largest absolute Gasteiger partial charge is 0.396 e. The number of H-pyrrole nitrogens is 1. The van der Waals surface area contributed by atoms with Crippen LogP contribution in [-0.4, -0.2) is 99.4 Å². The molecular weight excluding hydrogens is 366 g/mol. The van der Waals surface area contributed by atoms with Gasteiger partial charge in [0, 0.05) is 57.5 Å². The van der Waals surface area contributed by atoms with E-state index >= 15 is 0 Å². The smallest absolute Gasteiger partial charge is 0.204 e. The van der Waals surface area contributed by atoms with Gasteiger partial charge in [0.25, 0.3) is 0 Å². The molecule has 0 bridgehead atoms. The Labute approximate surface area is 172 Å². The molecule has 0 radical (unpaired) electrons. The van der Waals surface area contributed by atoms with Crippen molar-refractivity contribution in [3.05, 3.63) is 29.8 Å². The van der Waals surface area contributed by atoms with Crippen molar-refractivity contribution in [2.75, 3.05) is 52.9 Å². The Balaban J connectivity index is 1.36. The number of aliphatic hydroxyl groups excluding tert-OH is 1. The van der Waals surface area contributed by atoms with Crippen LogP contribution in [0, 0.1) is 5.92 Å². The fourth-order valence-electron chi connectivity index (χ4n) is 4.81. The van der Waals surface area contributed by atoms with E-state index in [1.165, 1.54) is 38.2 Å². The van der Waals surface area contributed by atoms with Gasteiger partial charge in [-0.15, -0.1) is 10.2 Å². The highest BCUT2D eigenvalue weighted by atomic mass is 16.2. The Morgan fingerprint density at radius 3 is 2.59 bits per heavy atom. The van der Waals surface area contributed by atoms with Crippen molar-refractivity contribution in [1.29, 1.82) is 0 Å². The topological polar surface area (TPSA) is 84.4 Å². The van der Waals surface area contributed by atoms with Crippen LogP contribution >= 0.6 is 0 Å². The van der Waals surface area contributed by atoms with Gasteiger partial charge in [-0.2, -0.15) is 5.21 Å². The van der Waals surface area contributed by atoms with E-state index < -0.39 is 0 Å². The summed E-state index contributed by atoms with van der Waals surface area (Å²) in [5.74, 6) is 1.27. The van der Waals surface area contributed by atoms with Crippen molar-refractivity contribution in [1.82, 2.24) is 35.3 Å². The number of rotatable bonds is 7. The summed E-state index contributed by atoms with van der Waals surface area (Å²) in [6.45, 7) is 8.20. The molecule has 0 saturated carbocycles. The van der Waals surface area contributed by atoms with Crippen LogP contribution in [0.25, 0.3) is 11.4 Å². The lowest BCUT2D eigenvalue weighted by molar-refractivity contribution is 0.0212. The van der Waals surface area contributed by atoms with Gasteiger partial charge in [-0.05, 0) is 49.5 Å². The Morgan fingerprint density at radius 1 is 1.10 bits per heavy atom. The van der Waals surface area contributed by atoms with Crippen LogP contribution in [0.1, 0.15) is 24.8 Å². The summed E-state index contributed by atoms with van der Waals surface area (Å²) in [6.07, 6.45) is 3.24. The third kappa shape index (κ3) is 5.19. The molecule has 2 aliphatic rings. The van der Waals surface area contributed by atoms with Crippen LogP contribution in [0.2, 0.25) is 0 Å². The second kappa shape index (κ2) is 9.75. The Hall–Kier alpha value is -1.87. The van der Waals surface area contributed by atoms with Gasteiger partial charge in [0.2, 0.25) is 5.82 Å². The predicted octanol–water partition coefficient (Wildman–Crippen LogP) is 1.08. The highest BCUT2D eigenvalue weighted by Gasteiger charge is 2.33. The molecule has 8 nitrogen and oxygen atoms in total. The molecule has 4 rings (SSSR count). The van der Waals surface area contributed by atoms with E-state index in [1.807, 2.05) is 0 Å². The average molecular weight is 400 g/mol. The van der Waals surface area contributed by atoms with Gasteiger partial charge in [-0.3, -0.25) is 9.80 Å². The van der Waals surface area contributed by atoms with E-state index in [4.69, 9.17) is 0 Å². The fraction of sp³-hybridized carbons (Fsp3) is 0.667. The minimum absolute atomic E-state index is 0.295. The van der Waals surface area contributed by atoms with Crippen molar-refractivity contribution < 1.29 is 5.11 Å². The van der Waals surface area contributed by atoms with E-state index in [0.29, 0.717) is 24.4 Å². The number of piperidine rings is 1. The maximum Gasteiger partial charge on any atom is 0.204 e. The molecule has 2 atom stereocenters. The molecule has 3 heterocycles. The number of nitrogens with one attached hydrogen (secondary N) is 1. The third-order valence-electron chi connectivity index (χ3n) is 6.48. The van der Waals surface area contributed by atoms with Gasteiger partial charge in [-0.25, -0.2) is 0 Å². The van der Waals surface area contributed by atoms with E-state index in [2.05, 4.69) is 66.6 Å². The number of aromatic nitrogens is 4. The van der Waals surface area contributed by atoms with Gasteiger partial charge in [-0.1, -0.05) is 24.3 Å². The molecule has 2 fully saturated rings. The van der Waals surface area contributed by atoms with E-state index in [1.54, 1.807) is 0 Å². The first-order valence-corrected chi connectivity index (χ1v) is 10.8. The summed E-state index contributed by atoms with van der Waals surface area (Å²) in [5, 5.41) is 23.6. The van der Waals surface area contributed by atoms with Crippen molar-refractivity contribution in [2.45, 2.75) is 31.8 Å². The number of tetrazole rings is 1. The highest BCUT2D eigenvalue weighted by Crippen LogP contribution is 2.28. The molecule has 8 heteroatoms. The molecule has 29 heavy (non-hydrogen) atoms. The summed E-state index contributed by atoms with van der Waals surface area (Å²) in [7, 11) is 2.22. The number of hydrogen-bond donors (Lipinski definition) is 2. The van der Waals surface area contributed by atoms with Gasteiger partial charge >= 0.3 is 0 Å². The number of benzene rings is 1. The van der Waals surface area contributed by atoms with Gasteiger partial charge in [0.05, 0.1) is 0 Å². The predicted molar refractivity (Wildman–Crippen MR) is 112 cm³/mol. The SMILES string of the molecule is CN1CCN([C@@H]2CCN(Cc3ccc(-c4nn[nH]n4)cc3)C[C@@H]2CCCO)CC1. The van der Waals surface area contributed by atoms with E-state index in [9.17, 15) is 5.11 Å². The van der Waals surface area contributed by atoms with E-state index in [-0.39, 0.29) is 0 Å².